The van der Waals surface area contributed by atoms with Crippen molar-refractivity contribution in [1.29, 1.82) is 0 Å². The van der Waals surface area contributed by atoms with E-state index in [1.54, 1.807) is 6.92 Å². The van der Waals surface area contributed by atoms with Crippen LogP contribution in [0.2, 0.25) is 0 Å². The summed E-state index contributed by atoms with van der Waals surface area (Å²) in [4.78, 5) is 28.8. The number of rotatable bonds is 4. The van der Waals surface area contributed by atoms with Crippen LogP contribution in [0.25, 0.3) is 0 Å². The Kier molecular flexibility index (Phi) is 5.91. The number of imidazole rings is 1. The van der Waals surface area contributed by atoms with Crippen LogP contribution in [0, 0.1) is 0 Å². The normalized spacial score (nSPS) is 20.5. The number of amides is 2. The molecule has 0 aliphatic carbocycles. The molecule has 146 valence electrons. The van der Waals surface area contributed by atoms with Gasteiger partial charge in [-0.15, -0.1) is 0 Å². The minimum Gasteiger partial charge on any atom is -0.375 e. The van der Waals surface area contributed by atoms with Crippen LogP contribution in [0.15, 0.2) is 12.4 Å². The van der Waals surface area contributed by atoms with Gasteiger partial charge in [0.05, 0.1) is 12.7 Å². The number of nitrogens with one attached hydrogen (secondary N) is 1. The SMILES string of the molecule is C[C@H]1CN(C(=O)C(=O)NCC[C@](O)(c2nccn2C)C(F)(F)F)CCO1. The van der Waals surface area contributed by atoms with Crippen molar-refractivity contribution in [2.24, 2.45) is 7.05 Å². The maximum absolute atomic E-state index is 13.4. The molecule has 0 unspecified atom stereocenters. The van der Waals surface area contributed by atoms with Gasteiger partial charge >= 0.3 is 18.0 Å². The van der Waals surface area contributed by atoms with Gasteiger partial charge in [-0.25, -0.2) is 4.98 Å². The summed E-state index contributed by atoms with van der Waals surface area (Å²) in [5.41, 5.74) is -3.24. The van der Waals surface area contributed by atoms with Gasteiger partial charge in [-0.3, -0.25) is 9.59 Å². The molecule has 0 radical (unpaired) electrons. The minimum absolute atomic E-state index is 0.223. The van der Waals surface area contributed by atoms with Gasteiger partial charge in [0.25, 0.3) is 0 Å². The molecule has 0 aromatic carbocycles. The molecule has 26 heavy (non-hydrogen) atoms. The average molecular weight is 378 g/mol. The summed E-state index contributed by atoms with van der Waals surface area (Å²) in [6, 6.07) is 0. The molecule has 1 fully saturated rings. The maximum atomic E-state index is 13.4. The summed E-state index contributed by atoms with van der Waals surface area (Å²) in [7, 11) is 1.32. The largest absolute Gasteiger partial charge is 0.424 e. The van der Waals surface area contributed by atoms with Crippen LogP contribution < -0.4 is 5.32 Å². The van der Waals surface area contributed by atoms with Crippen molar-refractivity contribution in [3.63, 3.8) is 0 Å². The summed E-state index contributed by atoms with van der Waals surface area (Å²) in [6.07, 6.45) is -3.69. The zero-order chi connectivity index (χ0) is 19.5. The second-order valence-electron chi connectivity index (χ2n) is 6.16. The zero-order valence-electron chi connectivity index (χ0n) is 14.4. The van der Waals surface area contributed by atoms with Gasteiger partial charge < -0.3 is 24.6 Å². The van der Waals surface area contributed by atoms with E-state index in [-0.39, 0.29) is 25.8 Å². The number of nitrogens with zero attached hydrogens (tertiary/aromatic N) is 3. The second kappa shape index (κ2) is 7.62. The molecular formula is C15H21F3N4O4. The molecule has 2 N–H and O–H groups in total. The van der Waals surface area contributed by atoms with Crippen LogP contribution in [0.3, 0.4) is 0 Å². The third-order valence-corrected chi connectivity index (χ3v) is 4.15. The zero-order valence-corrected chi connectivity index (χ0v) is 14.4. The Bertz CT molecular complexity index is 664. The molecule has 2 rings (SSSR count). The lowest BCUT2D eigenvalue weighted by Gasteiger charge is -2.31. The number of aliphatic hydroxyl groups is 1. The van der Waals surface area contributed by atoms with Crippen LogP contribution in [-0.2, 0) is 27.0 Å². The van der Waals surface area contributed by atoms with Crippen molar-refractivity contribution < 1.29 is 32.6 Å². The van der Waals surface area contributed by atoms with Gasteiger partial charge in [-0.05, 0) is 6.92 Å². The van der Waals surface area contributed by atoms with E-state index >= 15 is 0 Å². The number of alkyl halides is 3. The highest BCUT2D eigenvalue weighted by molar-refractivity contribution is 6.35. The second-order valence-corrected chi connectivity index (χ2v) is 6.16. The maximum Gasteiger partial charge on any atom is 0.424 e. The molecule has 8 nitrogen and oxygen atoms in total. The Morgan fingerprint density at radius 1 is 1.46 bits per heavy atom. The predicted octanol–water partition coefficient (Wildman–Crippen LogP) is -0.0764. The van der Waals surface area contributed by atoms with Crippen molar-refractivity contribution >= 4 is 11.8 Å². The number of hydrogen-bond acceptors (Lipinski definition) is 5. The van der Waals surface area contributed by atoms with Gasteiger partial charge in [0.1, 0.15) is 5.82 Å². The molecule has 2 atom stereocenters. The number of halogens is 3. The first-order chi connectivity index (χ1) is 12.1. The van der Waals surface area contributed by atoms with E-state index in [1.807, 2.05) is 0 Å². The van der Waals surface area contributed by atoms with Gasteiger partial charge in [-0.1, -0.05) is 0 Å². The highest BCUT2D eigenvalue weighted by Crippen LogP contribution is 2.40. The summed E-state index contributed by atoms with van der Waals surface area (Å²) >= 11 is 0. The molecule has 1 aliphatic rings. The predicted molar refractivity (Wildman–Crippen MR) is 82.8 cm³/mol. The lowest BCUT2D eigenvalue weighted by molar-refractivity contribution is -0.272. The quantitative estimate of drug-likeness (QED) is 0.715. The summed E-state index contributed by atoms with van der Waals surface area (Å²) in [5.74, 6) is -2.45. The number of hydrogen-bond donors (Lipinski definition) is 2. The summed E-state index contributed by atoms with van der Waals surface area (Å²) in [6.45, 7) is 1.94. The Morgan fingerprint density at radius 3 is 2.69 bits per heavy atom. The number of aryl methyl sites for hydroxylation is 1. The highest BCUT2D eigenvalue weighted by atomic mass is 19.4. The molecule has 1 aromatic heterocycles. The van der Waals surface area contributed by atoms with Gasteiger partial charge in [0, 0.05) is 45.5 Å². The first-order valence-corrected chi connectivity index (χ1v) is 8.02. The molecule has 0 saturated carbocycles. The van der Waals surface area contributed by atoms with Crippen molar-refractivity contribution in [2.45, 2.75) is 31.2 Å². The Balaban J connectivity index is 1.98. The number of aromatic nitrogens is 2. The Hall–Kier alpha value is -2.14. The topological polar surface area (TPSA) is 96.7 Å². The van der Waals surface area contributed by atoms with Crippen molar-refractivity contribution in [3.05, 3.63) is 18.2 Å². The van der Waals surface area contributed by atoms with Crippen LogP contribution in [0.4, 0.5) is 13.2 Å². The molecular weight excluding hydrogens is 357 g/mol. The first-order valence-electron chi connectivity index (χ1n) is 8.02. The lowest BCUT2D eigenvalue weighted by Crippen LogP contribution is -2.51. The fraction of sp³-hybridized carbons (Fsp3) is 0.667. The monoisotopic (exact) mass is 378 g/mol. The highest BCUT2D eigenvalue weighted by Gasteiger charge is 2.57. The van der Waals surface area contributed by atoms with Crippen molar-refractivity contribution in [2.75, 3.05) is 26.2 Å². The summed E-state index contributed by atoms with van der Waals surface area (Å²) in [5, 5.41) is 12.3. The standard InChI is InChI=1S/C15H21F3N4O4/c1-10-9-22(7-8-26-10)12(24)11(23)19-4-3-14(25,15(16,17)18)13-20-5-6-21(13)2/h5-6,10,25H,3-4,7-9H2,1-2H3,(H,19,23)/t10-,14-/m0/s1. The molecule has 2 amide bonds. The Morgan fingerprint density at radius 2 is 2.15 bits per heavy atom. The van der Waals surface area contributed by atoms with E-state index in [1.165, 1.54) is 18.1 Å². The number of carbonyl (C=O) groups excluding carboxylic acids is 2. The molecule has 1 aliphatic heterocycles. The van der Waals surface area contributed by atoms with E-state index in [2.05, 4.69) is 10.3 Å². The fourth-order valence-electron chi connectivity index (χ4n) is 2.72. The summed E-state index contributed by atoms with van der Waals surface area (Å²) < 4.78 is 46.4. The lowest BCUT2D eigenvalue weighted by atomic mass is 9.97. The van der Waals surface area contributed by atoms with Gasteiger partial charge in [0.15, 0.2) is 0 Å². The third kappa shape index (κ3) is 4.15. The van der Waals surface area contributed by atoms with Gasteiger partial charge in [0.2, 0.25) is 5.60 Å². The van der Waals surface area contributed by atoms with Crippen LogP contribution in [0.5, 0.6) is 0 Å². The minimum atomic E-state index is -5.00. The van der Waals surface area contributed by atoms with E-state index in [4.69, 9.17) is 4.74 Å². The van der Waals surface area contributed by atoms with Crippen molar-refractivity contribution in [3.8, 4) is 0 Å². The fourth-order valence-corrected chi connectivity index (χ4v) is 2.72. The van der Waals surface area contributed by atoms with E-state index in [9.17, 15) is 27.9 Å². The first kappa shape index (κ1) is 20.2. The number of ether oxygens (including phenoxy) is 1. The number of morpholine rings is 1. The van der Waals surface area contributed by atoms with E-state index in [0.717, 1.165) is 10.8 Å². The van der Waals surface area contributed by atoms with Crippen LogP contribution in [0.1, 0.15) is 19.2 Å². The molecule has 1 saturated heterocycles. The smallest absolute Gasteiger partial charge is 0.375 e. The van der Waals surface area contributed by atoms with E-state index < -0.39 is 42.4 Å². The average Bonchev–Trinajstić information content (AvgIpc) is 2.99. The Labute approximate surface area is 147 Å². The molecule has 11 heteroatoms. The molecule has 1 aromatic rings. The molecule has 2 heterocycles. The van der Waals surface area contributed by atoms with Gasteiger partial charge in [-0.2, -0.15) is 13.2 Å². The van der Waals surface area contributed by atoms with Crippen LogP contribution >= 0.6 is 0 Å². The van der Waals surface area contributed by atoms with E-state index in [0.29, 0.717) is 0 Å². The van der Waals surface area contributed by atoms with Crippen LogP contribution in [-0.4, -0.2) is 69.9 Å². The number of carbonyl (C=O) groups is 2. The molecule has 0 spiro atoms. The third-order valence-electron chi connectivity index (χ3n) is 4.15. The van der Waals surface area contributed by atoms with Crippen molar-refractivity contribution in [1.82, 2.24) is 19.8 Å². The molecule has 0 bridgehead atoms.